The van der Waals surface area contributed by atoms with Crippen molar-refractivity contribution in [2.24, 2.45) is 0 Å². The number of nitrogens with zero attached hydrogens (tertiary/aromatic N) is 1. The lowest BCUT2D eigenvalue weighted by molar-refractivity contribution is 0.432. The Morgan fingerprint density at radius 3 is 2.57 bits per heavy atom. The van der Waals surface area contributed by atoms with Gasteiger partial charge in [0.2, 0.25) is 0 Å². The number of benzene rings is 1. The second kappa shape index (κ2) is 6.58. The third-order valence-electron chi connectivity index (χ3n) is 3.17. The van der Waals surface area contributed by atoms with Crippen LogP contribution < -0.4 is 11.1 Å². The fourth-order valence-corrected chi connectivity index (χ4v) is 2.10. The SMILES string of the molecule is CCCNC(c1cnccc1N)c1ccc(F)c(F)c1F. The number of nitrogens with two attached hydrogens (primary N) is 1. The highest BCUT2D eigenvalue weighted by Gasteiger charge is 2.23. The number of nitrogens with one attached hydrogen (secondary N) is 1. The van der Waals surface area contributed by atoms with E-state index in [0.29, 0.717) is 17.8 Å². The molecule has 1 aromatic carbocycles. The third-order valence-corrected chi connectivity index (χ3v) is 3.17. The van der Waals surface area contributed by atoms with Crippen LogP contribution in [0.3, 0.4) is 0 Å². The first-order valence-corrected chi connectivity index (χ1v) is 6.62. The van der Waals surface area contributed by atoms with Gasteiger partial charge in [0.25, 0.3) is 0 Å². The quantitative estimate of drug-likeness (QED) is 0.833. The summed E-state index contributed by atoms with van der Waals surface area (Å²) in [6.45, 7) is 2.51. The van der Waals surface area contributed by atoms with E-state index in [4.69, 9.17) is 5.73 Å². The number of rotatable bonds is 5. The summed E-state index contributed by atoms with van der Waals surface area (Å²) in [6.07, 6.45) is 3.79. The summed E-state index contributed by atoms with van der Waals surface area (Å²) in [5.74, 6) is -3.92. The first kappa shape index (κ1) is 15.3. The first-order chi connectivity index (χ1) is 10.1. The normalized spacial score (nSPS) is 12.4. The molecule has 0 spiro atoms. The molecular formula is C15H16F3N3. The lowest BCUT2D eigenvalue weighted by atomic mass is 9.97. The van der Waals surface area contributed by atoms with Gasteiger partial charge in [-0.2, -0.15) is 0 Å². The van der Waals surface area contributed by atoms with E-state index in [2.05, 4.69) is 10.3 Å². The van der Waals surface area contributed by atoms with Gasteiger partial charge in [-0.25, -0.2) is 13.2 Å². The summed E-state index contributed by atoms with van der Waals surface area (Å²) in [5, 5.41) is 3.08. The number of nitrogen functional groups attached to an aromatic ring is 1. The molecule has 3 nitrogen and oxygen atoms in total. The molecule has 0 saturated heterocycles. The molecular weight excluding hydrogens is 279 g/mol. The van der Waals surface area contributed by atoms with Crippen LogP contribution in [-0.2, 0) is 0 Å². The van der Waals surface area contributed by atoms with E-state index in [0.717, 1.165) is 12.5 Å². The van der Waals surface area contributed by atoms with Crippen molar-refractivity contribution in [1.29, 1.82) is 0 Å². The standard InChI is InChI=1S/C15H16F3N3/c1-2-6-21-15(10-8-20-7-5-12(10)19)9-3-4-11(16)14(18)13(9)17/h3-5,7-8,15,21H,2,6H2,1H3,(H2,19,20). The average Bonchev–Trinajstić information content (AvgIpc) is 2.48. The van der Waals surface area contributed by atoms with Crippen molar-refractivity contribution in [3.63, 3.8) is 0 Å². The van der Waals surface area contributed by atoms with Crippen molar-refractivity contribution in [3.8, 4) is 0 Å². The lowest BCUT2D eigenvalue weighted by Gasteiger charge is -2.21. The maximum atomic E-state index is 14.0. The highest BCUT2D eigenvalue weighted by Crippen LogP contribution is 2.29. The molecule has 0 aliphatic carbocycles. The molecule has 0 saturated carbocycles. The zero-order chi connectivity index (χ0) is 15.4. The highest BCUT2D eigenvalue weighted by atomic mass is 19.2. The van der Waals surface area contributed by atoms with Crippen molar-refractivity contribution in [2.75, 3.05) is 12.3 Å². The van der Waals surface area contributed by atoms with Gasteiger partial charge in [-0.05, 0) is 25.1 Å². The van der Waals surface area contributed by atoms with Crippen LogP contribution in [0.4, 0.5) is 18.9 Å². The number of aromatic nitrogens is 1. The predicted molar refractivity (Wildman–Crippen MR) is 75.1 cm³/mol. The fraction of sp³-hybridized carbons (Fsp3) is 0.267. The topological polar surface area (TPSA) is 50.9 Å². The van der Waals surface area contributed by atoms with Gasteiger partial charge in [-0.15, -0.1) is 0 Å². The van der Waals surface area contributed by atoms with Crippen molar-refractivity contribution in [2.45, 2.75) is 19.4 Å². The van der Waals surface area contributed by atoms with Gasteiger partial charge in [0.05, 0.1) is 6.04 Å². The van der Waals surface area contributed by atoms with Crippen molar-refractivity contribution < 1.29 is 13.2 Å². The maximum absolute atomic E-state index is 14.0. The Bertz CT molecular complexity index is 632. The van der Waals surface area contributed by atoms with Crippen LogP contribution in [-0.4, -0.2) is 11.5 Å². The molecule has 6 heteroatoms. The molecule has 2 aromatic rings. The molecule has 1 aromatic heterocycles. The zero-order valence-electron chi connectivity index (χ0n) is 11.5. The number of hydrogen-bond donors (Lipinski definition) is 2. The maximum Gasteiger partial charge on any atom is 0.194 e. The van der Waals surface area contributed by atoms with Crippen molar-refractivity contribution >= 4 is 5.69 Å². The molecule has 3 N–H and O–H groups in total. The third kappa shape index (κ3) is 3.16. The number of hydrogen-bond acceptors (Lipinski definition) is 3. The van der Waals surface area contributed by atoms with E-state index >= 15 is 0 Å². The summed E-state index contributed by atoms with van der Waals surface area (Å²) >= 11 is 0. The molecule has 0 aliphatic rings. The Hall–Kier alpha value is -2.08. The Labute approximate surface area is 121 Å². The fourth-order valence-electron chi connectivity index (χ4n) is 2.10. The van der Waals surface area contributed by atoms with Crippen LogP contribution in [0.15, 0.2) is 30.6 Å². The Kier molecular flexibility index (Phi) is 4.80. The molecule has 21 heavy (non-hydrogen) atoms. The van der Waals surface area contributed by atoms with Crippen LogP contribution in [0.5, 0.6) is 0 Å². The molecule has 1 atom stereocenters. The largest absolute Gasteiger partial charge is 0.398 e. The van der Waals surface area contributed by atoms with Crippen LogP contribution >= 0.6 is 0 Å². The Morgan fingerprint density at radius 1 is 1.14 bits per heavy atom. The lowest BCUT2D eigenvalue weighted by Crippen LogP contribution is -2.25. The van der Waals surface area contributed by atoms with Crippen LogP contribution in [0.2, 0.25) is 0 Å². The molecule has 0 fully saturated rings. The van der Waals surface area contributed by atoms with Crippen LogP contribution in [0.25, 0.3) is 0 Å². The summed E-state index contributed by atoms with van der Waals surface area (Å²) in [7, 11) is 0. The highest BCUT2D eigenvalue weighted by molar-refractivity contribution is 5.49. The van der Waals surface area contributed by atoms with Crippen LogP contribution in [0.1, 0.15) is 30.5 Å². The van der Waals surface area contributed by atoms with Gasteiger partial charge >= 0.3 is 0 Å². The molecule has 2 rings (SSSR count). The van der Waals surface area contributed by atoms with Gasteiger partial charge in [0, 0.05) is 29.2 Å². The summed E-state index contributed by atoms with van der Waals surface area (Å²) < 4.78 is 40.6. The minimum atomic E-state index is -1.49. The minimum absolute atomic E-state index is 0.00190. The predicted octanol–water partition coefficient (Wildman–Crippen LogP) is 3.17. The minimum Gasteiger partial charge on any atom is -0.398 e. The van der Waals surface area contributed by atoms with E-state index in [1.165, 1.54) is 18.5 Å². The number of anilines is 1. The van der Waals surface area contributed by atoms with Crippen molar-refractivity contribution in [1.82, 2.24) is 10.3 Å². The van der Waals surface area contributed by atoms with Gasteiger partial charge in [0.1, 0.15) is 0 Å². The van der Waals surface area contributed by atoms with Gasteiger partial charge < -0.3 is 11.1 Å². The second-order valence-corrected chi connectivity index (χ2v) is 4.66. The van der Waals surface area contributed by atoms with E-state index in [-0.39, 0.29) is 5.56 Å². The Balaban J connectivity index is 2.51. The van der Waals surface area contributed by atoms with E-state index in [1.54, 1.807) is 6.07 Å². The molecule has 0 bridgehead atoms. The van der Waals surface area contributed by atoms with Gasteiger partial charge in [-0.1, -0.05) is 13.0 Å². The first-order valence-electron chi connectivity index (χ1n) is 6.62. The van der Waals surface area contributed by atoms with Crippen molar-refractivity contribution in [3.05, 3.63) is 59.2 Å². The smallest absolute Gasteiger partial charge is 0.194 e. The van der Waals surface area contributed by atoms with Gasteiger partial charge in [-0.3, -0.25) is 4.98 Å². The van der Waals surface area contributed by atoms with Crippen LogP contribution in [0, 0.1) is 17.5 Å². The second-order valence-electron chi connectivity index (χ2n) is 4.66. The monoisotopic (exact) mass is 295 g/mol. The summed E-state index contributed by atoms with van der Waals surface area (Å²) in [6, 6.07) is 3.01. The zero-order valence-corrected chi connectivity index (χ0v) is 11.5. The molecule has 0 radical (unpaired) electrons. The van der Waals surface area contributed by atoms with Gasteiger partial charge in [0.15, 0.2) is 17.5 Å². The molecule has 0 aliphatic heterocycles. The Morgan fingerprint density at radius 2 is 1.90 bits per heavy atom. The van der Waals surface area contributed by atoms with E-state index < -0.39 is 23.5 Å². The average molecular weight is 295 g/mol. The summed E-state index contributed by atoms with van der Waals surface area (Å²) in [5.41, 5.74) is 6.81. The molecule has 1 unspecified atom stereocenters. The molecule has 1 heterocycles. The summed E-state index contributed by atoms with van der Waals surface area (Å²) in [4.78, 5) is 3.96. The molecule has 0 amide bonds. The number of pyridine rings is 1. The number of halogens is 3. The van der Waals surface area contributed by atoms with E-state index in [9.17, 15) is 13.2 Å². The van der Waals surface area contributed by atoms with E-state index in [1.807, 2.05) is 6.92 Å². The molecule has 112 valence electrons.